The van der Waals surface area contributed by atoms with E-state index >= 15 is 0 Å². The van der Waals surface area contributed by atoms with E-state index in [9.17, 15) is 9.59 Å². The Morgan fingerprint density at radius 3 is 2.84 bits per heavy atom. The lowest BCUT2D eigenvalue weighted by Crippen LogP contribution is -2.15. The van der Waals surface area contributed by atoms with Crippen molar-refractivity contribution < 1.29 is 14.1 Å². The Morgan fingerprint density at radius 1 is 1.28 bits per heavy atom. The van der Waals surface area contributed by atoms with Crippen LogP contribution < -0.4 is 15.6 Å². The Bertz CT molecular complexity index is 988. The van der Waals surface area contributed by atoms with Crippen LogP contribution in [0.25, 0.3) is 5.65 Å². The van der Waals surface area contributed by atoms with Crippen LogP contribution in [0.4, 0.5) is 5.69 Å². The Balaban J connectivity index is 1.85. The fourth-order valence-corrected chi connectivity index (χ4v) is 2.39. The van der Waals surface area contributed by atoms with Crippen LogP contribution in [0.5, 0.6) is 5.75 Å². The number of carbonyl (C=O) groups is 1. The number of nitrogens with zero attached hydrogens (tertiary/aromatic N) is 2. The van der Waals surface area contributed by atoms with Gasteiger partial charge in [-0.25, -0.2) is 4.98 Å². The predicted octanol–water partition coefficient (Wildman–Crippen LogP) is 2.83. The van der Waals surface area contributed by atoms with Crippen LogP contribution in [0, 0.1) is 13.8 Å². The molecule has 130 valence electrons. The number of rotatable bonds is 5. The lowest BCUT2D eigenvalue weighted by atomic mass is 10.2. The number of hydrogen-bond donors (Lipinski definition) is 1. The first-order valence-corrected chi connectivity index (χ1v) is 7.99. The maximum atomic E-state index is 12.0. The third-order valence-electron chi connectivity index (χ3n) is 3.63. The Hall–Kier alpha value is -3.09. The highest BCUT2D eigenvalue weighted by atomic mass is 16.5. The van der Waals surface area contributed by atoms with Crippen molar-refractivity contribution in [1.29, 1.82) is 0 Å². The highest BCUT2D eigenvalue weighted by Crippen LogP contribution is 2.26. The maximum absolute atomic E-state index is 12.0. The smallest absolute Gasteiger partial charge is 0.287 e. The largest absolute Gasteiger partial charge is 0.485 e. The average molecular weight is 341 g/mol. The zero-order valence-corrected chi connectivity index (χ0v) is 14.3. The van der Waals surface area contributed by atoms with E-state index < -0.39 is 0 Å². The summed E-state index contributed by atoms with van der Waals surface area (Å²) in [6, 6.07) is 8.57. The molecule has 7 nitrogen and oxygen atoms in total. The van der Waals surface area contributed by atoms with Gasteiger partial charge >= 0.3 is 0 Å². The van der Waals surface area contributed by atoms with Gasteiger partial charge in [-0.05, 0) is 31.5 Å². The summed E-state index contributed by atoms with van der Waals surface area (Å²) in [4.78, 5) is 28.1. The molecular formula is C18H19N3O4. The molecule has 0 saturated heterocycles. The van der Waals surface area contributed by atoms with Crippen molar-refractivity contribution in [3.8, 4) is 5.75 Å². The van der Waals surface area contributed by atoms with E-state index in [-0.39, 0.29) is 18.1 Å². The molecule has 0 aliphatic rings. The van der Waals surface area contributed by atoms with Gasteiger partial charge in [-0.3, -0.25) is 9.59 Å². The highest BCUT2D eigenvalue weighted by molar-refractivity contribution is 5.92. The summed E-state index contributed by atoms with van der Waals surface area (Å²) in [5.41, 5.74) is 2.21. The van der Waals surface area contributed by atoms with Gasteiger partial charge in [-0.2, -0.15) is 0 Å². The number of ether oxygens (including phenoxy) is 1. The van der Waals surface area contributed by atoms with Crippen molar-refractivity contribution in [2.45, 2.75) is 33.8 Å². The number of fused-ring (bicyclic) bond motifs is 1. The molecule has 0 spiro atoms. The second kappa shape index (κ2) is 6.80. The van der Waals surface area contributed by atoms with Crippen molar-refractivity contribution in [2.75, 3.05) is 5.32 Å². The van der Waals surface area contributed by atoms with Crippen molar-refractivity contribution in [3.63, 3.8) is 0 Å². The molecule has 2 aromatic heterocycles. The quantitative estimate of drug-likeness (QED) is 0.771. The number of anilines is 1. The van der Waals surface area contributed by atoms with Crippen LogP contribution in [0.2, 0.25) is 0 Å². The summed E-state index contributed by atoms with van der Waals surface area (Å²) in [6.45, 7) is 5.57. The summed E-state index contributed by atoms with van der Waals surface area (Å²) in [5.74, 6) is 1.04. The molecule has 3 aromatic rings. The molecule has 1 amide bonds. The van der Waals surface area contributed by atoms with Gasteiger partial charge in [0.05, 0.1) is 11.4 Å². The molecule has 0 unspecified atom stereocenters. The minimum Gasteiger partial charge on any atom is -0.485 e. The maximum Gasteiger partial charge on any atom is 0.287 e. The van der Waals surface area contributed by atoms with Crippen LogP contribution in [0.1, 0.15) is 30.4 Å². The minimum absolute atomic E-state index is 0.0969. The molecule has 3 rings (SSSR count). The SMILES string of the molecule is CCC(=O)Nc1ccc(C)cc1OCc1cc(=O)n2oc(C)cc2n1. The van der Waals surface area contributed by atoms with E-state index in [1.165, 1.54) is 6.07 Å². The van der Waals surface area contributed by atoms with Gasteiger partial charge < -0.3 is 14.6 Å². The van der Waals surface area contributed by atoms with E-state index in [0.29, 0.717) is 35.0 Å². The molecule has 0 fully saturated rings. The van der Waals surface area contributed by atoms with Gasteiger partial charge in [0.1, 0.15) is 18.1 Å². The standard InChI is InChI=1S/C18H19N3O4/c1-4-17(22)20-14-6-5-11(2)7-15(14)24-10-13-9-18(23)21-16(19-13)8-12(3)25-21/h5-9H,4,10H2,1-3H3,(H,20,22). The number of aromatic nitrogens is 2. The molecule has 0 atom stereocenters. The number of benzene rings is 1. The molecule has 2 heterocycles. The summed E-state index contributed by atoms with van der Waals surface area (Å²) < 4.78 is 12.2. The van der Waals surface area contributed by atoms with Gasteiger partial charge in [0.15, 0.2) is 5.65 Å². The first kappa shape index (κ1) is 16.8. The monoisotopic (exact) mass is 341 g/mol. The molecule has 0 radical (unpaired) electrons. The fraction of sp³-hybridized carbons (Fsp3) is 0.278. The molecule has 0 aliphatic carbocycles. The van der Waals surface area contributed by atoms with Gasteiger partial charge in [-0.15, -0.1) is 4.57 Å². The Labute approximate surface area is 144 Å². The Morgan fingerprint density at radius 2 is 2.08 bits per heavy atom. The lowest BCUT2D eigenvalue weighted by molar-refractivity contribution is -0.115. The molecular weight excluding hydrogens is 322 g/mol. The summed E-state index contributed by atoms with van der Waals surface area (Å²) in [6.07, 6.45) is 0.377. The predicted molar refractivity (Wildman–Crippen MR) is 92.9 cm³/mol. The van der Waals surface area contributed by atoms with Crippen LogP contribution in [0.3, 0.4) is 0 Å². The van der Waals surface area contributed by atoms with E-state index in [0.717, 1.165) is 10.1 Å². The number of nitrogens with one attached hydrogen (secondary N) is 1. The molecule has 1 N–H and O–H groups in total. The number of carbonyl (C=O) groups excluding carboxylic acids is 1. The van der Waals surface area contributed by atoms with Crippen LogP contribution >= 0.6 is 0 Å². The molecule has 0 saturated carbocycles. The van der Waals surface area contributed by atoms with E-state index in [2.05, 4.69) is 10.3 Å². The minimum atomic E-state index is -0.305. The van der Waals surface area contributed by atoms with Crippen LogP contribution in [-0.2, 0) is 11.4 Å². The molecule has 1 aromatic carbocycles. The first-order valence-electron chi connectivity index (χ1n) is 7.99. The zero-order valence-electron chi connectivity index (χ0n) is 14.3. The van der Waals surface area contributed by atoms with Crippen LogP contribution in [-0.4, -0.2) is 15.5 Å². The molecule has 7 heteroatoms. The zero-order chi connectivity index (χ0) is 18.0. The number of hydrogen-bond acceptors (Lipinski definition) is 5. The van der Waals surface area contributed by atoms with Crippen molar-refractivity contribution in [2.24, 2.45) is 0 Å². The molecule has 0 aliphatic heterocycles. The Kier molecular flexibility index (Phi) is 4.56. The van der Waals surface area contributed by atoms with Crippen molar-refractivity contribution >= 4 is 17.2 Å². The van der Waals surface area contributed by atoms with Gasteiger partial charge in [0, 0.05) is 18.6 Å². The van der Waals surface area contributed by atoms with Gasteiger partial charge in [0.2, 0.25) is 5.91 Å². The molecule has 0 bridgehead atoms. The van der Waals surface area contributed by atoms with Gasteiger partial charge in [-0.1, -0.05) is 13.0 Å². The van der Waals surface area contributed by atoms with E-state index in [4.69, 9.17) is 9.26 Å². The topological polar surface area (TPSA) is 85.8 Å². The first-order chi connectivity index (χ1) is 12.0. The van der Waals surface area contributed by atoms with Crippen LogP contribution in [0.15, 0.2) is 39.6 Å². The van der Waals surface area contributed by atoms with E-state index in [1.807, 2.05) is 19.1 Å². The fourth-order valence-electron chi connectivity index (χ4n) is 2.39. The third kappa shape index (κ3) is 3.71. The van der Waals surface area contributed by atoms with E-state index in [1.54, 1.807) is 26.0 Å². The molecule has 25 heavy (non-hydrogen) atoms. The lowest BCUT2D eigenvalue weighted by Gasteiger charge is -2.13. The number of amides is 1. The number of aryl methyl sites for hydroxylation is 2. The van der Waals surface area contributed by atoms with Crippen molar-refractivity contribution in [1.82, 2.24) is 9.56 Å². The second-order valence-electron chi connectivity index (χ2n) is 5.77. The summed E-state index contributed by atoms with van der Waals surface area (Å²) in [7, 11) is 0. The second-order valence-corrected chi connectivity index (χ2v) is 5.77. The van der Waals surface area contributed by atoms with Gasteiger partial charge in [0.25, 0.3) is 5.56 Å². The normalized spacial score (nSPS) is 10.8. The van der Waals surface area contributed by atoms with Crippen molar-refractivity contribution in [3.05, 3.63) is 57.7 Å². The third-order valence-corrected chi connectivity index (χ3v) is 3.63. The summed E-state index contributed by atoms with van der Waals surface area (Å²) in [5, 5.41) is 2.80. The highest BCUT2D eigenvalue weighted by Gasteiger charge is 2.10. The average Bonchev–Trinajstić information content (AvgIpc) is 2.95. The summed E-state index contributed by atoms with van der Waals surface area (Å²) >= 11 is 0.